The Hall–Kier alpha value is -4.07. The van der Waals surface area contributed by atoms with E-state index >= 15 is 0 Å². The van der Waals surface area contributed by atoms with Crippen LogP contribution in [-0.4, -0.2) is 49.0 Å². The first kappa shape index (κ1) is 22.4. The molecule has 6 rings (SSSR count). The Morgan fingerprint density at radius 3 is 2.64 bits per heavy atom. The van der Waals surface area contributed by atoms with Crippen molar-refractivity contribution in [3.05, 3.63) is 54.6 Å². The highest BCUT2D eigenvalue weighted by Crippen LogP contribution is 2.33. The Kier molecular flexibility index (Phi) is 5.71. The van der Waals surface area contributed by atoms with E-state index < -0.39 is 0 Å². The monoisotopic (exact) mass is 479 g/mol. The molecule has 1 aliphatic heterocycles. The van der Waals surface area contributed by atoms with E-state index in [0.717, 1.165) is 63.1 Å². The number of carbonyl (C=O) groups is 1. The molecular formula is C28H29N7O. The fraction of sp³-hybridized carbons (Fsp3) is 0.321. The summed E-state index contributed by atoms with van der Waals surface area (Å²) in [7, 11) is 0. The lowest BCUT2D eigenvalue weighted by atomic mass is 9.99. The van der Waals surface area contributed by atoms with Gasteiger partial charge in [-0.05, 0) is 48.6 Å². The van der Waals surface area contributed by atoms with E-state index in [0.29, 0.717) is 12.2 Å². The van der Waals surface area contributed by atoms with Crippen LogP contribution in [0.25, 0.3) is 44.6 Å². The molecule has 0 atom stereocenters. The van der Waals surface area contributed by atoms with Crippen molar-refractivity contribution in [3.63, 3.8) is 0 Å². The van der Waals surface area contributed by atoms with Crippen LogP contribution in [0.4, 0.5) is 5.69 Å². The molecule has 0 bridgehead atoms. The van der Waals surface area contributed by atoms with Crippen molar-refractivity contribution in [1.82, 2.24) is 30.1 Å². The average molecular weight is 480 g/mol. The number of H-pyrrole nitrogens is 2. The molecule has 1 aliphatic rings. The van der Waals surface area contributed by atoms with Gasteiger partial charge in [-0.3, -0.25) is 19.9 Å². The Morgan fingerprint density at radius 2 is 1.81 bits per heavy atom. The molecule has 0 unspecified atom stereocenters. The summed E-state index contributed by atoms with van der Waals surface area (Å²) in [6.07, 6.45) is 11.4. The molecule has 8 heteroatoms. The first-order valence-corrected chi connectivity index (χ1v) is 12.6. The van der Waals surface area contributed by atoms with E-state index in [4.69, 9.17) is 4.98 Å². The first-order valence-electron chi connectivity index (χ1n) is 12.6. The van der Waals surface area contributed by atoms with Gasteiger partial charge in [0.25, 0.3) is 0 Å². The number of Topliss-reactive ketones (excluding diaryl/α,β-unsaturated/α-hetero) is 1. The molecule has 1 aromatic carbocycles. The number of rotatable bonds is 6. The third-order valence-electron chi connectivity index (χ3n) is 7.01. The van der Waals surface area contributed by atoms with Gasteiger partial charge < -0.3 is 9.88 Å². The number of aromatic amines is 2. The van der Waals surface area contributed by atoms with Crippen molar-refractivity contribution in [2.75, 3.05) is 18.0 Å². The molecule has 0 saturated carbocycles. The molecule has 2 N–H and O–H groups in total. The van der Waals surface area contributed by atoms with Crippen molar-refractivity contribution >= 4 is 33.4 Å². The van der Waals surface area contributed by atoms with Crippen LogP contribution >= 0.6 is 0 Å². The van der Waals surface area contributed by atoms with Gasteiger partial charge in [0.2, 0.25) is 0 Å². The molecule has 4 aromatic heterocycles. The van der Waals surface area contributed by atoms with Crippen LogP contribution in [0.1, 0.15) is 38.7 Å². The maximum Gasteiger partial charge on any atom is 0.159 e. The summed E-state index contributed by atoms with van der Waals surface area (Å²) in [5.41, 5.74) is 7.54. The van der Waals surface area contributed by atoms with Gasteiger partial charge in [0.05, 0.1) is 29.1 Å². The molecule has 1 saturated heterocycles. The number of nitrogens with zero attached hydrogens (tertiary/aromatic N) is 5. The Balaban J connectivity index is 1.38. The summed E-state index contributed by atoms with van der Waals surface area (Å²) in [5.74, 6) is 0.937. The van der Waals surface area contributed by atoms with Crippen molar-refractivity contribution in [3.8, 4) is 22.6 Å². The van der Waals surface area contributed by atoms with Gasteiger partial charge >= 0.3 is 0 Å². The second kappa shape index (κ2) is 9.18. The van der Waals surface area contributed by atoms with E-state index in [9.17, 15) is 4.79 Å². The van der Waals surface area contributed by atoms with Gasteiger partial charge in [-0.15, -0.1) is 0 Å². The second-order valence-corrected chi connectivity index (χ2v) is 9.90. The van der Waals surface area contributed by atoms with Gasteiger partial charge in [-0.1, -0.05) is 19.9 Å². The third-order valence-corrected chi connectivity index (χ3v) is 7.01. The number of fused-ring (bicyclic) bond motifs is 2. The van der Waals surface area contributed by atoms with Crippen LogP contribution in [0, 0.1) is 5.92 Å². The SMILES string of the molecule is CC(C)C(=O)Cc1cncc(-c2ccc3[nH]nc(-c4nc5c(N6CCCCC6)cncc5[nH]4)c3c2)c1. The van der Waals surface area contributed by atoms with Crippen LogP contribution in [-0.2, 0) is 11.2 Å². The van der Waals surface area contributed by atoms with Crippen molar-refractivity contribution in [2.45, 2.75) is 39.5 Å². The minimum Gasteiger partial charge on any atom is -0.368 e. The lowest BCUT2D eigenvalue weighted by Gasteiger charge is -2.28. The lowest BCUT2D eigenvalue weighted by Crippen LogP contribution is -2.29. The smallest absolute Gasteiger partial charge is 0.159 e. The Labute approximate surface area is 209 Å². The molecule has 182 valence electrons. The van der Waals surface area contributed by atoms with Gasteiger partial charge in [0.1, 0.15) is 17.0 Å². The van der Waals surface area contributed by atoms with E-state index in [1.54, 1.807) is 6.20 Å². The zero-order valence-corrected chi connectivity index (χ0v) is 20.6. The number of benzene rings is 1. The predicted octanol–water partition coefficient (Wildman–Crippen LogP) is 5.32. The number of anilines is 1. The van der Waals surface area contributed by atoms with Gasteiger partial charge in [-0.25, -0.2) is 4.98 Å². The van der Waals surface area contributed by atoms with Crippen molar-refractivity contribution in [1.29, 1.82) is 0 Å². The highest BCUT2D eigenvalue weighted by molar-refractivity contribution is 5.97. The number of carbonyl (C=O) groups excluding carboxylic acids is 1. The molecule has 0 radical (unpaired) electrons. The summed E-state index contributed by atoms with van der Waals surface area (Å²) in [5, 5.41) is 8.72. The number of hydrogen-bond donors (Lipinski definition) is 2. The van der Waals surface area contributed by atoms with Crippen LogP contribution in [0.2, 0.25) is 0 Å². The first-order chi connectivity index (χ1) is 17.6. The van der Waals surface area contributed by atoms with Crippen LogP contribution in [0.5, 0.6) is 0 Å². The van der Waals surface area contributed by atoms with Crippen LogP contribution < -0.4 is 4.90 Å². The van der Waals surface area contributed by atoms with E-state index in [1.165, 1.54) is 19.3 Å². The summed E-state index contributed by atoms with van der Waals surface area (Å²) in [6, 6.07) is 8.23. The highest BCUT2D eigenvalue weighted by Gasteiger charge is 2.19. The zero-order chi connectivity index (χ0) is 24.6. The molecule has 0 aliphatic carbocycles. The summed E-state index contributed by atoms with van der Waals surface area (Å²) in [4.78, 5) is 31.9. The molecule has 36 heavy (non-hydrogen) atoms. The third kappa shape index (κ3) is 4.12. The fourth-order valence-electron chi connectivity index (χ4n) is 4.92. The van der Waals surface area contributed by atoms with Crippen molar-refractivity contribution < 1.29 is 4.79 Å². The fourth-order valence-corrected chi connectivity index (χ4v) is 4.92. The standard InChI is InChI=1S/C28H29N7O/c1-17(2)25(36)11-18-10-20(14-29-13-18)19-6-7-22-21(12-19)26(34-33-22)28-31-23-15-30-16-24(27(23)32-28)35-8-4-3-5-9-35/h6-7,10,12-17H,3-5,8-9,11H2,1-2H3,(H,31,32)(H,33,34). The molecule has 0 spiro atoms. The Morgan fingerprint density at radius 1 is 0.972 bits per heavy atom. The predicted molar refractivity (Wildman–Crippen MR) is 142 cm³/mol. The minimum atomic E-state index is 0.00735. The minimum absolute atomic E-state index is 0.00735. The van der Waals surface area contributed by atoms with E-state index in [1.807, 2.05) is 50.6 Å². The topological polar surface area (TPSA) is 103 Å². The number of imidazole rings is 1. The average Bonchev–Trinajstić information content (AvgIpc) is 3.53. The summed E-state index contributed by atoms with van der Waals surface area (Å²) in [6.45, 7) is 5.93. The summed E-state index contributed by atoms with van der Waals surface area (Å²) < 4.78 is 0. The molecule has 1 fully saturated rings. The number of aromatic nitrogens is 6. The largest absolute Gasteiger partial charge is 0.368 e. The number of pyridine rings is 2. The number of hydrogen-bond acceptors (Lipinski definition) is 6. The number of nitrogens with one attached hydrogen (secondary N) is 2. The highest BCUT2D eigenvalue weighted by atomic mass is 16.1. The van der Waals surface area contributed by atoms with E-state index in [-0.39, 0.29) is 11.7 Å². The molecule has 5 aromatic rings. The number of piperidine rings is 1. The molecule has 8 nitrogen and oxygen atoms in total. The zero-order valence-electron chi connectivity index (χ0n) is 20.6. The number of ketones is 1. The maximum atomic E-state index is 12.2. The molecule has 0 amide bonds. The quantitative estimate of drug-likeness (QED) is 0.342. The Bertz CT molecular complexity index is 1560. The lowest BCUT2D eigenvalue weighted by molar-refractivity contribution is -0.121. The van der Waals surface area contributed by atoms with Gasteiger partial charge in [-0.2, -0.15) is 5.10 Å². The molecule has 5 heterocycles. The molecular weight excluding hydrogens is 450 g/mol. The van der Waals surface area contributed by atoms with E-state index in [2.05, 4.69) is 36.1 Å². The van der Waals surface area contributed by atoms with Gasteiger partial charge in [0.15, 0.2) is 5.82 Å². The summed E-state index contributed by atoms with van der Waals surface area (Å²) >= 11 is 0. The van der Waals surface area contributed by atoms with Gasteiger partial charge in [0, 0.05) is 48.8 Å². The second-order valence-electron chi connectivity index (χ2n) is 9.90. The maximum absolute atomic E-state index is 12.2. The van der Waals surface area contributed by atoms with Crippen LogP contribution in [0.15, 0.2) is 49.1 Å². The normalized spacial score (nSPS) is 14.2. The van der Waals surface area contributed by atoms with Crippen molar-refractivity contribution in [2.24, 2.45) is 5.92 Å². The van der Waals surface area contributed by atoms with Crippen LogP contribution in [0.3, 0.4) is 0 Å².